The van der Waals surface area contributed by atoms with Crippen LogP contribution in [-0.2, 0) is 6.54 Å². The summed E-state index contributed by atoms with van der Waals surface area (Å²) < 4.78 is 13.2. The third-order valence-corrected chi connectivity index (χ3v) is 2.17. The molecule has 1 aromatic carbocycles. The highest BCUT2D eigenvalue weighted by molar-refractivity contribution is 5.45. The van der Waals surface area contributed by atoms with Crippen LogP contribution in [-0.4, -0.2) is 12.2 Å². The smallest absolute Gasteiger partial charge is 0.126 e. The van der Waals surface area contributed by atoms with Crippen molar-refractivity contribution in [1.82, 2.24) is 5.32 Å². The van der Waals surface area contributed by atoms with E-state index in [2.05, 4.69) is 5.32 Å². The van der Waals surface area contributed by atoms with Gasteiger partial charge >= 0.3 is 0 Å². The second-order valence-electron chi connectivity index (χ2n) is 3.16. The molecule has 0 bridgehead atoms. The quantitative estimate of drug-likeness (QED) is 0.733. The zero-order valence-corrected chi connectivity index (χ0v) is 8.11. The van der Waals surface area contributed by atoms with Gasteiger partial charge in [-0.15, -0.1) is 0 Å². The number of aryl methyl sites for hydroxylation is 1. The van der Waals surface area contributed by atoms with Crippen LogP contribution < -0.4 is 5.32 Å². The molecule has 0 aliphatic rings. The number of hydrogen-bond acceptors (Lipinski definition) is 2. The second kappa shape index (κ2) is 3.75. The van der Waals surface area contributed by atoms with E-state index in [1.807, 2.05) is 0 Å². The highest BCUT2D eigenvalue weighted by Gasteiger charge is 2.11. The van der Waals surface area contributed by atoms with Crippen molar-refractivity contribution in [1.29, 1.82) is 0 Å². The molecule has 0 unspecified atom stereocenters. The van der Waals surface area contributed by atoms with Crippen molar-refractivity contribution in [3.05, 3.63) is 28.6 Å². The molecule has 1 aromatic rings. The zero-order chi connectivity index (χ0) is 10.0. The molecule has 2 nitrogen and oxygen atoms in total. The molecule has 0 aliphatic heterocycles. The van der Waals surface area contributed by atoms with Crippen molar-refractivity contribution in [3.63, 3.8) is 0 Å². The second-order valence-corrected chi connectivity index (χ2v) is 3.16. The lowest BCUT2D eigenvalue weighted by Crippen LogP contribution is -2.08. The molecule has 1 rings (SSSR count). The van der Waals surface area contributed by atoms with E-state index in [-0.39, 0.29) is 11.6 Å². The molecule has 0 aromatic heterocycles. The number of rotatable bonds is 2. The number of hydrogen-bond donors (Lipinski definition) is 2. The van der Waals surface area contributed by atoms with E-state index in [1.54, 1.807) is 20.9 Å². The van der Waals surface area contributed by atoms with Crippen molar-refractivity contribution < 1.29 is 9.50 Å². The molecule has 0 atom stereocenters. The summed E-state index contributed by atoms with van der Waals surface area (Å²) >= 11 is 0. The van der Waals surface area contributed by atoms with Gasteiger partial charge in [-0.05, 0) is 38.1 Å². The van der Waals surface area contributed by atoms with Crippen LogP contribution in [0.5, 0.6) is 5.75 Å². The maximum atomic E-state index is 13.2. The van der Waals surface area contributed by atoms with Crippen LogP contribution in [0.4, 0.5) is 4.39 Å². The lowest BCUT2D eigenvalue weighted by atomic mass is 10.0. The van der Waals surface area contributed by atoms with Crippen LogP contribution in [0.15, 0.2) is 6.07 Å². The topological polar surface area (TPSA) is 32.3 Å². The Bertz CT molecular complexity index is 297. The number of aromatic hydroxyl groups is 1. The van der Waals surface area contributed by atoms with Crippen LogP contribution in [0.1, 0.15) is 16.7 Å². The minimum atomic E-state index is -0.263. The van der Waals surface area contributed by atoms with Gasteiger partial charge in [-0.25, -0.2) is 4.39 Å². The Morgan fingerprint density at radius 2 is 2.08 bits per heavy atom. The summed E-state index contributed by atoms with van der Waals surface area (Å²) in [4.78, 5) is 0. The summed E-state index contributed by atoms with van der Waals surface area (Å²) in [5.74, 6) is -0.0752. The van der Waals surface area contributed by atoms with Crippen molar-refractivity contribution in [2.45, 2.75) is 20.4 Å². The molecule has 72 valence electrons. The lowest BCUT2D eigenvalue weighted by molar-refractivity contribution is 0.457. The minimum Gasteiger partial charge on any atom is -0.507 e. The van der Waals surface area contributed by atoms with E-state index in [0.29, 0.717) is 23.2 Å². The van der Waals surface area contributed by atoms with Crippen LogP contribution in [0.2, 0.25) is 0 Å². The van der Waals surface area contributed by atoms with E-state index in [1.165, 1.54) is 6.07 Å². The highest BCUT2D eigenvalue weighted by atomic mass is 19.1. The van der Waals surface area contributed by atoms with Crippen molar-refractivity contribution in [3.8, 4) is 5.75 Å². The first-order valence-corrected chi connectivity index (χ1v) is 4.20. The zero-order valence-electron chi connectivity index (χ0n) is 8.11. The van der Waals surface area contributed by atoms with Gasteiger partial charge in [0.25, 0.3) is 0 Å². The first-order chi connectivity index (χ1) is 6.07. The molecule has 0 saturated carbocycles. The molecule has 0 amide bonds. The van der Waals surface area contributed by atoms with Crippen LogP contribution in [0, 0.1) is 19.7 Å². The number of nitrogens with one attached hydrogen (secondary N) is 1. The van der Waals surface area contributed by atoms with E-state index in [9.17, 15) is 9.50 Å². The highest BCUT2D eigenvalue weighted by Crippen LogP contribution is 2.27. The number of phenols is 1. The summed E-state index contributed by atoms with van der Waals surface area (Å²) in [6.45, 7) is 3.84. The van der Waals surface area contributed by atoms with Crippen molar-refractivity contribution >= 4 is 0 Å². The third kappa shape index (κ3) is 1.80. The molecule has 13 heavy (non-hydrogen) atoms. The van der Waals surface area contributed by atoms with Gasteiger partial charge < -0.3 is 10.4 Å². The van der Waals surface area contributed by atoms with Gasteiger partial charge in [0.05, 0.1) is 0 Å². The predicted molar refractivity (Wildman–Crippen MR) is 50.3 cm³/mol. The van der Waals surface area contributed by atoms with Gasteiger partial charge in [-0.3, -0.25) is 0 Å². The molecule has 2 N–H and O–H groups in total. The fourth-order valence-electron chi connectivity index (χ4n) is 1.32. The van der Waals surface area contributed by atoms with Gasteiger partial charge in [-0.2, -0.15) is 0 Å². The molecule has 0 heterocycles. The average molecular weight is 183 g/mol. The van der Waals surface area contributed by atoms with Gasteiger partial charge in [-0.1, -0.05) is 0 Å². The largest absolute Gasteiger partial charge is 0.507 e. The summed E-state index contributed by atoms with van der Waals surface area (Å²) in [6, 6.07) is 1.35. The third-order valence-electron chi connectivity index (χ3n) is 2.17. The SMILES string of the molecule is CNCc1c(C)c(F)cc(C)c1O. The number of benzene rings is 1. The van der Waals surface area contributed by atoms with Gasteiger partial charge in [0.2, 0.25) is 0 Å². The first-order valence-electron chi connectivity index (χ1n) is 4.20. The molecule has 0 saturated heterocycles. The van der Waals surface area contributed by atoms with Crippen molar-refractivity contribution in [2.24, 2.45) is 0 Å². The Balaban J connectivity index is 3.28. The number of halogens is 1. The summed E-state index contributed by atoms with van der Waals surface area (Å²) in [5.41, 5.74) is 1.73. The van der Waals surface area contributed by atoms with E-state index in [4.69, 9.17) is 0 Å². The Morgan fingerprint density at radius 1 is 1.46 bits per heavy atom. The summed E-state index contributed by atoms with van der Waals surface area (Å²) in [7, 11) is 1.76. The Labute approximate surface area is 77.4 Å². The monoisotopic (exact) mass is 183 g/mol. The fraction of sp³-hybridized carbons (Fsp3) is 0.400. The fourth-order valence-corrected chi connectivity index (χ4v) is 1.32. The maximum absolute atomic E-state index is 13.2. The lowest BCUT2D eigenvalue weighted by Gasteiger charge is -2.11. The first kappa shape index (κ1) is 9.99. The van der Waals surface area contributed by atoms with Gasteiger partial charge in [0.1, 0.15) is 11.6 Å². The van der Waals surface area contributed by atoms with Gasteiger partial charge in [0.15, 0.2) is 0 Å². The van der Waals surface area contributed by atoms with E-state index < -0.39 is 0 Å². The Morgan fingerprint density at radius 3 is 2.62 bits per heavy atom. The molecule has 0 aliphatic carbocycles. The van der Waals surface area contributed by atoms with E-state index in [0.717, 1.165) is 0 Å². The van der Waals surface area contributed by atoms with Crippen LogP contribution in [0.3, 0.4) is 0 Å². The Kier molecular flexibility index (Phi) is 2.88. The van der Waals surface area contributed by atoms with Gasteiger partial charge in [0, 0.05) is 12.1 Å². The molecule has 0 radical (unpaired) electrons. The standard InChI is InChI=1S/C10H14FNO/c1-6-4-9(11)7(2)8(5-12-3)10(6)13/h4,12-13H,5H2,1-3H3. The summed E-state index contributed by atoms with van der Waals surface area (Å²) in [5, 5.41) is 12.5. The molecule has 0 spiro atoms. The van der Waals surface area contributed by atoms with Crippen LogP contribution in [0.25, 0.3) is 0 Å². The van der Waals surface area contributed by atoms with Crippen molar-refractivity contribution in [2.75, 3.05) is 7.05 Å². The summed E-state index contributed by atoms with van der Waals surface area (Å²) in [6.07, 6.45) is 0. The molecule has 0 fully saturated rings. The normalized spacial score (nSPS) is 10.5. The molecular weight excluding hydrogens is 169 g/mol. The minimum absolute atomic E-state index is 0.188. The van der Waals surface area contributed by atoms with E-state index >= 15 is 0 Å². The molecular formula is C10H14FNO. The number of phenolic OH excluding ortho intramolecular Hbond substituents is 1. The van der Waals surface area contributed by atoms with Crippen LogP contribution >= 0.6 is 0 Å². The average Bonchev–Trinajstić information content (AvgIpc) is 2.09. The maximum Gasteiger partial charge on any atom is 0.126 e. The molecule has 3 heteroatoms. The Hall–Kier alpha value is -1.09. The predicted octanol–water partition coefficient (Wildman–Crippen LogP) is 1.87.